The van der Waals surface area contributed by atoms with Gasteiger partial charge in [0.1, 0.15) is 0 Å². The number of thiazole rings is 1. The second kappa shape index (κ2) is 12.5. The number of aromatic nitrogens is 1. The van der Waals surface area contributed by atoms with Gasteiger partial charge in [-0.2, -0.15) is 0 Å². The Bertz CT molecular complexity index is 572. The van der Waals surface area contributed by atoms with Crippen LogP contribution in [0.3, 0.4) is 0 Å². The summed E-state index contributed by atoms with van der Waals surface area (Å²) in [5.74, 6) is 1.60. The summed E-state index contributed by atoms with van der Waals surface area (Å²) in [6.45, 7) is 6.78. The van der Waals surface area contributed by atoms with Gasteiger partial charge in [-0.15, -0.1) is 35.3 Å². The molecule has 1 heterocycles. The maximum absolute atomic E-state index is 12.0. The largest absolute Gasteiger partial charge is 0.357 e. The molecule has 1 aromatic rings. The van der Waals surface area contributed by atoms with E-state index in [0.29, 0.717) is 25.4 Å². The number of carbonyl (C=O) groups is 1. The molecular weight excluding hydrogens is 461 g/mol. The summed E-state index contributed by atoms with van der Waals surface area (Å²) in [7, 11) is 2.01. The van der Waals surface area contributed by atoms with Gasteiger partial charge in [0.25, 0.3) is 0 Å². The van der Waals surface area contributed by atoms with E-state index in [0.717, 1.165) is 29.8 Å². The van der Waals surface area contributed by atoms with Crippen molar-refractivity contribution < 1.29 is 4.79 Å². The van der Waals surface area contributed by atoms with E-state index in [1.807, 2.05) is 14.0 Å². The van der Waals surface area contributed by atoms with Crippen LogP contribution in [0, 0.1) is 12.8 Å². The highest BCUT2D eigenvalue weighted by atomic mass is 127. The molecule has 1 saturated carbocycles. The second-order valence-corrected chi connectivity index (χ2v) is 7.72. The number of carbonyl (C=O) groups excluding carboxylic acids is 1. The van der Waals surface area contributed by atoms with Gasteiger partial charge in [0.2, 0.25) is 5.91 Å². The standard InChI is InChI=1S/C18H31N5OS.HI/c1-4-19-18(23(3)12-16-13-25-14(2)22-16)21-10-9-20-17(24)11-15-7-5-6-8-15;/h13,15H,4-12H2,1-3H3,(H,19,21)(H,20,24);1H. The lowest BCUT2D eigenvalue weighted by Crippen LogP contribution is -2.39. The molecule has 0 aromatic carbocycles. The molecule has 1 fully saturated rings. The molecule has 26 heavy (non-hydrogen) atoms. The quantitative estimate of drug-likeness (QED) is 0.253. The van der Waals surface area contributed by atoms with Gasteiger partial charge >= 0.3 is 0 Å². The van der Waals surface area contributed by atoms with Gasteiger partial charge in [0, 0.05) is 31.9 Å². The molecule has 1 aliphatic rings. The lowest BCUT2D eigenvalue weighted by atomic mass is 10.0. The Morgan fingerprint density at radius 3 is 2.73 bits per heavy atom. The Labute approximate surface area is 178 Å². The number of guanidine groups is 1. The van der Waals surface area contributed by atoms with Gasteiger partial charge in [-0.25, -0.2) is 4.98 Å². The maximum atomic E-state index is 12.0. The summed E-state index contributed by atoms with van der Waals surface area (Å²) in [5, 5.41) is 9.45. The predicted octanol–water partition coefficient (Wildman–Crippen LogP) is 3.16. The normalized spacial score (nSPS) is 14.8. The van der Waals surface area contributed by atoms with Crippen LogP contribution in [0.4, 0.5) is 0 Å². The predicted molar refractivity (Wildman–Crippen MR) is 119 cm³/mol. The third-order valence-corrected chi connectivity index (χ3v) is 5.23. The molecule has 0 radical (unpaired) electrons. The van der Waals surface area contributed by atoms with Gasteiger partial charge in [-0.1, -0.05) is 12.8 Å². The van der Waals surface area contributed by atoms with Gasteiger partial charge in [-0.05, 0) is 32.6 Å². The van der Waals surface area contributed by atoms with E-state index in [9.17, 15) is 4.79 Å². The number of aryl methyl sites for hydroxylation is 1. The van der Waals surface area contributed by atoms with E-state index in [4.69, 9.17) is 0 Å². The molecule has 1 aliphatic carbocycles. The van der Waals surface area contributed by atoms with E-state index in [1.54, 1.807) is 11.3 Å². The number of halogens is 1. The minimum Gasteiger partial charge on any atom is -0.357 e. The zero-order valence-corrected chi connectivity index (χ0v) is 19.2. The van der Waals surface area contributed by atoms with Crippen molar-refractivity contribution in [2.24, 2.45) is 10.9 Å². The lowest BCUT2D eigenvalue weighted by molar-refractivity contribution is -0.121. The van der Waals surface area contributed by atoms with Gasteiger partial charge < -0.3 is 15.5 Å². The monoisotopic (exact) mass is 493 g/mol. The summed E-state index contributed by atoms with van der Waals surface area (Å²) >= 11 is 1.66. The molecular formula is C18H32IN5OS. The molecule has 8 heteroatoms. The zero-order chi connectivity index (χ0) is 18.1. The third-order valence-electron chi connectivity index (χ3n) is 4.41. The highest BCUT2D eigenvalue weighted by Crippen LogP contribution is 2.27. The summed E-state index contributed by atoms with van der Waals surface area (Å²) < 4.78 is 0. The first kappa shape index (κ1) is 23.1. The van der Waals surface area contributed by atoms with Crippen LogP contribution in [0.2, 0.25) is 0 Å². The summed E-state index contributed by atoms with van der Waals surface area (Å²) in [6.07, 6.45) is 5.64. The summed E-state index contributed by atoms with van der Waals surface area (Å²) in [6, 6.07) is 0. The highest BCUT2D eigenvalue weighted by molar-refractivity contribution is 14.0. The van der Waals surface area contributed by atoms with Crippen LogP contribution in [0.1, 0.15) is 49.7 Å². The SMILES string of the molecule is CCNC(=NCCNC(=O)CC1CCCC1)N(C)Cc1csc(C)n1.I. The van der Waals surface area contributed by atoms with Crippen molar-refractivity contribution >= 4 is 47.2 Å². The molecule has 2 rings (SSSR count). The van der Waals surface area contributed by atoms with Crippen molar-refractivity contribution in [3.63, 3.8) is 0 Å². The first-order chi connectivity index (χ1) is 12.1. The smallest absolute Gasteiger partial charge is 0.220 e. The third kappa shape index (κ3) is 8.20. The van der Waals surface area contributed by atoms with Crippen LogP contribution in [-0.4, -0.2) is 48.4 Å². The molecule has 0 atom stereocenters. The average molecular weight is 493 g/mol. The fraction of sp³-hybridized carbons (Fsp3) is 0.722. The Morgan fingerprint density at radius 2 is 2.12 bits per heavy atom. The van der Waals surface area contributed by atoms with E-state index in [1.165, 1.54) is 25.7 Å². The number of hydrogen-bond donors (Lipinski definition) is 2. The molecule has 0 spiro atoms. The number of rotatable bonds is 8. The maximum Gasteiger partial charge on any atom is 0.220 e. The van der Waals surface area contributed by atoms with Crippen molar-refractivity contribution in [2.45, 2.75) is 52.5 Å². The number of hydrogen-bond acceptors (Lipinski definition) is 4. The van der Waals surface area contributed by atoms with Gasteiger partial charge in [0.15, 0.2) is 5.96 Å². The van der Waals surface area contributed by atoms with Crippen LogP contribution in [0.15, 0.2) is 10.4 Å². The minimum atomic E-state index is 0. The highest BCUT2D eigenvalue weighted by Gasteiger charge is 2.18. The van der Waals surface area contributed by atoms with Crippen molar-refractivity contribution in [3.8, 4) is 0 Å². The van der Waals surface area contributed by atoms with Crippen molar-refractivity contribution in [2.75, 3.05) is 26.7 Å². The second-order valence-electron chi connectivity index (χ2n) is 6.65. The van der Waals surface area contributed by atoms with Crippen LogP contribution in [0.5, 0.6) is 0 Å². The summed E-state index contributed by atoms with van der Waals surface area (Å²) in [5.41, 5.74) is 1.06. The fourth-order valence-electron chi connectivity index (χ4n) is 3.17. The molecule has 2 N–H and O–H groups in total. The molecule has 0 unspecified atom stereocenters. The number of nitrogens with zero attached hydrogens (tertiary/aromatic N) is 3. The van der Waals surface area contributed by atoms with Crippen LogP contribution in [-0.2, 0) is 11.3 Å². The van der Waals surface area contributed by atoms with Crippen LogP contribution < -0.4 is 10.6 Å². The van der Waals surface area contributed by atoms with E-state index >= 15 is 0 Å². The van der Waals surface area contributed by atoms with Crippen molar-refractivity contribution in [1.29, 1.82) is 0 Å². The topological polar surface area (TPSA) is 69.6 Å². The Morgan fingerprint density at radius 1 is 1.38 bits per heavy atom. The number of amides is 1. The number of aliphatic imine (C=N–C) groups is 1. The van der Waals surface area contributed by atoms with E-state index < -0.39 is 0 Å². The zero-order valence-electron chi connectivity index (χ0n) is 16.1. The minimum absolute atomic E-state index is 0. The Hall–Kier alpha value is -0.900. The molecule has 0 aliphatic heterocycles. The summed E-state index contributed by atoms with van der Waals surface area (Å²) in [4.78, 5) is 23.1. The van der Waals surface area contributed by atoms with Gasteiger partial charge in [-0.3, -0.25) is 9.79 Å². The lowest BCUT2D eigenvalue weighted by Gasteiger charge is -2.21. The number of nitrogens with one attached hydrogen (secondary N) is 2. The molecule has 0 bridgehead atoms. The van der Waals surface area contributed by atoms with E-state index in [-0.39, 0.29) is 29.9 Å². The average Bonchev–Trinajstić information content (AvgIpc) is 3.22. The van der Waals surface area contributed by atoms with Crippen LogP contribution >= 0.6 is 35.3 Å². The Kier molecular flexibility index (Phi) is 11.1. The fourth-order valence-corrected chi connectivity index (χ4v) is 3.78. The first-order valence-electron chi connectivity index (χ1n) is 9.25. The van der Waals surface area contributed by atoms with Crippen LogP contribution in [0.25, 0.3) is 0 Å². The molecule has 6 nitrogen and oxygen atoms in total. The molecule has 0 saturated heterocycles. The van der Waals surface area contributed by atoms with Crippen molar-refractivity contribution in [1.82, 2.24) is 20.5 Å². The molecule has 1 aromatic heterocycles. The Balaban J connectivity index is 0.00000338. The van der Waals surface area contributed by atoms with Gasteiger partial charge in [0.05, 0.1) is 23.8 Å². The van der Waals surface area contributed by atoms with E-state index in [2.05, 4.69) is 37.8 Å². The molecule has 1 amide bonds. The first-order valence-corrected chi connectivity index (χ1v) is 10.1. The molecule has 148 valence electrons. The van der Waals surface area contributed by atoms with Crippen molar-refractivity contribution in [3.05, 3.63) is 16.1 Å².